The minimum absolute atomic E-state index is 0.0778. The predicted octanol–water partition coefficient (Wildman–Crippen LogP) is 2.23. The summed E-state index contributed by atoms with van der Waals surface area (Å²) in [6.45, 7) is 2.69. The van der Waals surface area contributed by atoms with Gasteiger partial charge in [0.15, 0.2) is 0 Å². The SMILES string of the molecule is CCc1nnc(NC(=O)[C@@H]2CC(=O)N(Cc3ccc(F)cc3)C2)s1. The van der Waals surface area contributed by atoms with Gasteiger partial charge < -0.3 is 10.2 Å². The molecule has 1 saturated heterocycles. The van der Waals surface area contributed by atoms with Gasteiger partial charge in [-0.05, 0) is 24.1 Å². The number of aryl methyl sites for hydroxylation is 1. The minimum atomic E-state index is -0.410. The number of nitrogens with zero attached hydrogens (tertiary/aromatic N) is 3. The molecule has 0 radical (unpaired) electrons. The average molecular weight is 348 g/mol. The molecule has 126 valence electrons. The lowest BCUT2D eigenvalue weighted by atomic mass is 10.1. The molecule has 1 aromatic heterocycles. The number of amides is 2. The molecule has 1 fully saturated rings. The monoisotopic (exact) mass is 348 g/mol. The van der Waals surface area contributed by atoms with Crippen molar-refractivity contribution < 1.29 is 14.0 Å². The third kappa shape index (κ3) is 3.76. The van der Waals surface area contributed by atoms with Crippen molar-refractivity contribution in [3.05, 3.63) is 40.7 Å². The summed E-state index contributed by atoms with van der Waals surface area (Å²) in [6.07, 6.45) is 0.938. The van der Waals surface area contributed by atoms with Crippen LogP contribution in [0.2, 0.25) is 0 Å². The Hall–Kier alpha value is -2.35. The summed E-state index contributed by atoms with van der Waals surface area (Å²) in [6, 6.07) is 6.01. The van der Waals surface area contributed by atoms with Crippen LogP contribution in [-0.4, -0.2) is 33.5 Å². The van der Waals surface area contributed by atoms with E-state index in [2.05, 4.69) is 15.5 Å². The van der Waals surface area contributed by atoms with Crippen molar-refractivity contribution in [2.45, 2.75) is 26.3 Å². The topological polar surface area (TPSA) is 75.2 Å². The molecule has 0 saturated carbocycles. The van der Waals surface area contributed by atoms with Gasteiger partial charge in [-0.3, -0.25) is 9.59 Å². The van der Waals surface area contributed by atoms with Crippen molar-refractivity contribution in [2.24, 2.45) is 5.92 Å². The molecule has 0 bridgehead atoms. The summed E-state index contributed by atoms with van der Waals surface area (Å²) in [5.41, 5.74) is 0.836. The van der Waals surface area contributed by atoms with E-state index in [1.165, 1.54) is 23.5 Å². The fourth-order valence-electron chi connectivity index (χ4n) is 2.57. The van der Waals surface area contributed by atoms with Gasteiger partial charge in [-0.2, -0.15) is 0 Å². The second kappa shape index (κ2) is 7.04. The van der Waals surface area contributed by atoms with Crippen LogP contribution in [0.15, 0.2) is 24.3 Å². The Labute approximate surface area is 142 Å². The van der Waals surface area contributed by atoms with Gasteiger partial charge in [0, 0.05) is 19.5 Å². The zero-order chi connectivity index (χ0) is 17.1. The van der Waals surface area contributed by atoms with Gasteiger partial charge in [0.05, 0.1) is 5.92 Å². The average Bonchev–Trinajstić information content (AvgIpc) is 3.16. The molecule has 1 aliphatic heterocycles. The number of anilines is 1. The summed E-state index contributed by atoms with van der Waals surface area (Å²) in [4.78, 5) is 26.0. The number of rotatable bonds is 5. The molecule has 6 nitrogen and oxygen atoms in total. The molecule has 2 heterocycles. The summed E-state index contributed by atoms with van der Waals surface area (Å²) in [5.74, 6) is -1.02. The number of halogens is 1. The predicted molar refractivity (Wildman–Crippen MR) is 87.8 cm³/mol. The highest BCUT2D eigenvalue weighted by Gasteiger charge is 2.34. The highest BCUT2D eigenvalue weighted by molar-refractivity contribution is 7.15. The Kier molecular flexibility index (Phi) is 4.84. The maximum Gasteiger partial charge on any atom is 0.231 e. The number of carbonyl (C=O) groups is 2. The first kappa shape index (κ1) is 16.5. The van der Waals surface area contributed by atoms with Crippen molar-refractivity contribution in [2.75, 3.05) is 11.9 Å². The lowest BCUT2D eigenvalue weighted by molar-refractivity contribution is -0.128. The van der Waals surface area contributed by atoms with E-state index in [0.717, 1.165) is 17.0 Å². The highest BCUT2D eigenvalue weighted by Crippen LogP contribution is 2.23. The molecule has 1 N–H and O–H groups in total. The first-order valence-corrected chi connectivity index (χ1v) is 8.52. The molecule has 1 atom stereocenters. The number of hydrogen-bond donors (Lipinski definition) is 1. The summed E-state index contributed by atoms with van der Waals surface area (Å²) in [5, 5.41) is 11.9. The van der Waals surface area contributed by atoms with Crippen LogP contribution in [0.4, 0.5) is 9.52 Å². The first-order chi connectivity index (χ1) is 11.5. The maximum absolute atomic E-state index is 12.9. The molecular formula is C16H17FN4O2S. The van der Waals surface area contributed by atoms with E-state index in [-0.39, 0.29) is 24.1 Å². The molecule has 0 spiro atoms. The van der Waals surface area contributed by atoms with E-state index < -0.39 is 5.92 Å². The molecule has 8 heteroatoms. The van der Waals surface area contributed by atoms with Crippen molar-refractivity contribution >= 4 is 28.3 Å². The van der Waals surface area contributed by atoms with Gasteiger partial charge in [0.2, 0.25) is 16.9 Å². The van der Waals surface area contributed by atoms with Gasteiger partial charge in [-0.1, -0.05) is 30.4 Å². The van der Waals surface area contributed by atoms with E-state index in [0.29, 0.717) is 18.2 Å². The van der Waals surface area contributed by atoms with E-state index in [1.807, 2.05) is 6.92 Å². The molecule has 2 aromatic rings. The van der Waals surface area contributed by atoms with Crippen LogP contribution in [0.1, 0.15) is 23.9 Å². The van der Waals surface area contributed by atoms with Crippen LogP contribution in [0.25, 0.3) is 0 Å². The molecular weight excluding hydrogens is 331 g/mol. The van der Waals surface area contributed by atoms with Crippen molar-refractivity contribution in [3.8, 4) is 0 Å². The maximum atomic E-state index is 12.9. The number of nitrogens with one attached hydrogen (secondary N) is 1. The molecule has 2 amide bonds. The molecule has 3 rings (SSSR count). The normalized spacial score (nSPS) is 17.3. The fourth-order valence-corrected chi connectivity index (χ4v) is 3.25. The van der Waals surface area contributed by atoms with Gasteiger partial charge in [-0.15, -0.1) is 10.2 Å². The van der Waals surface area contributed by atoms with Gasteiger partial charge in [-0.25, -0.2) is 4.39 Å². The third-order valence-electron chi connectivity index (χ3n) is 3.87. The Morgan fingerprint density at radius 2 is 2.12 bits per heavy atom. The summed E-state index contributed by atoms with van der Waals surface area (Å²) >= 11 is 1.34. The Morgan fingerprint density at radius 3 is 2.79 bits per heavy atom. The second-order valence-electron chi connectivity index (χ2n) is 5.65. The standard InChI is InChI=1S/C16H17FN4O2S/c1-2-13-19-20-16(24-13)18-15(23)11-7-14(22)21(9-11)8-10-3-5-12(17)6-4-10/h3-6,11H,2,7-9H2,1H3,(H,18,20,23)/t11-/m1/s1. The van der Waals surface area contributed by atoms with Crippen molar-refractivity contribution in [1.82, 2.24) is 15.1 Å². The van der Waals surface area contributed by atoms with E-state index in [9.17, 15) is 14.0 Å². The molecule has 1 aliphatic rings. The van der Waals surface area contributed by atoms with E-state index in [4.69, 9.17) is 0 Å². The summed E-state index contributed by atoms with van der Waals surface area (Å²) < 4.78 is 12.9. The van der Waals surface area contributed by atoms with Crippen molar-refractivity contribution in [3.63, 3.8) is 0 Å². The van der Waals surface area contributed by atoms with Crippen LogP contribution in [0.5, 0.6) is 0 Å². The Bertz CT molecular complexity index is 747. The molecule has 24 heavy (non-hydrogen) atoms. The zero-order valence-corrected chi connectivity index (χ0v) is 14.0. The number of aromatic nitrogens is 2. The van der Waals surface area contributed by atoms with E-state index in [1.54, 1.807) is 17.0 Å². The lowest BCUT2D eigenvalue weighted by Gasteiger charge is -2.16. The lowest BCUT2D eigenvalue weighted by Crippen LogP contribution is -2.28. The Morgan fingerprint density at radius 1 is 1.38 bits per heavy atom. The zero-order valence-electron chi connectivity index (χ0n) is 13.2. The number of benzene rings is 1. The van der Waals surface area contributed by atoms with Crippen LogP contribution >= 0.6 is 11.3 Å². The van der Waals surface area contributed by atoms with Gasteiger partial charge in [0.25, 0.3) is 0 Å². The molecule has 0 unspecified atom stereocenters. The summed E-state index contributed by atoms with van der Waals surface area (Å²) in [7, 11) is 0. The van der Waals surface area contributed by atoms with Crippen LogP contribution < -0.4 is 5.32 Å². The van der Waals surface area contributed by atoms with Crippen LogP contribution in [0, 0.1) is 11.7 Å². The molecule has 1 aromatic carbocycles. The first-order valence-electron chi connectivity index (χ1n) is 7.70. The quantitative estimate of drug-likeness (QED) is 0.899. The third-order valence-corrected chi connectivity index (χ3v) is 4.85. The largest absolute Gasteiger partial charge is 0.338 e. The smallest absolute Gasteiger partial charge is 0.231 e. The number of carbonyl (C=O) groups excluding carboxylic acids is 2. The van der Waals surface area contributed by atoms with E-state index >= 15 is 0 Å². The highest BCUT2D eigenvalue weighted by atomic mass is 32.1. The van der Waals surface area contributed by atoms with Crippen LogP contribution in [0.3, 0.4) is 0 Å². The molecule has 0 aliphatic carbocycles. The number of hydrogen-bond acceptors (Lipinski definition) is 5. The van der Waals surface area contributed by atoms with Crippen LogP contribution in [-0.2, 0) is 22.6 Å². The Balaban J connectivity index is 1.59. The number of likely N-dealkylation sites (tertiary alicyclic amines) is 1. The van der Waals surface area contributed by atoms with Crippen molar-refractivity contribution in [1.29, 1.82) is 0 Å². The minimum Gasteiger partial charge on any atom is -0.338 e. The fraction of sp³-hybridized carbons (Fsp3) is 0.375. The van der Waals surface area contributed by atoms with Gasteiger partial charge in [0.1, 0.15) is 10.8 Å². The van der Waals surface area contributed by atoms with Gasteiger partial charge >= 0.3 is 0 Å². The second-order valence-corrected chi connectivity index (χ2v) is 6.71.